The molecule has 0 fully saturated rings. The molecule has 0 bridgehead atoms. The molecule has 0 aromatic heterocycles. The van der Waals surface area contributed by atoms with Crippen molar-refractivity contribution in [2.24, 2.45) is 0 Å². The van der Waals surface area contributed by atoms with Gasteiger partial charge in [0.1, 0.15) is 4.32 Å². The van der Waals surface area contributed by atoms with E-state index in [4.69, 9.17) is 17.3 Å². The molecular weight excluding hydrogens is 416 g/mol. The molecule has 0 heterocycles. The number of carbonyl (C=O) groups excluding carboxylic acids is 1. The van der Waals surface area contributed by atoms with Crippen LogP contribution >= 0.6 is 38.6 Å². The van der Waals surface area contributed by atoms with Gasteiger partial charge in [0.2, 0.25) is 0 Å². The number of alkyl halides is 1. The van der Waals surface area contributed by atoms with E-state index >= 15 is 0 Å². The van der Waals surface area contributed by atoms with Crippen molar-refractivity contribution in [2.75, 3.05) is 43.7 Å². The van der Waals surface area contributed by atoms with Crippen LogP contribution in [0.15, 0.2) is 0 Å². The SMILES string of the molecule is CCOS(CCCSCCCOC(=O)C(C)(C)Br)(OCC)OCC. The van der Waals surface area contributed by atoms with E-state index in [-0.39, 0.29) is 5.97 Å². The van der Waals surface area contributed by atoms with Gasteiger partial charge in [0.25, 0.3) is 0 Å². The molecule has 0 aromatic rings. The largest absolute Gasteiger partial charge is 0.465 e. The van der Waals surface area contributed by atoms with E-state index in [0.717, 1.165) is 30.1 Å². The average Bonchev–Trinajstić information content (AvgIpc) is 2.49. The first kappa shape index (κ1) is 24.5. The van der Waals surface area contributed by atoms with Crippen LogP contribution in [-0.4, -0.2) is 54.0 Å². The molecular formula is C16H33BrO5S2. The smallest absolute Gasteiger partial charge is 0.322 e. The molecule has 0 amide bonds. The number of ether oxygens (including phenoxy) is 1. The third-order valence-electron chi connectivity index (χ3n) is 2.73. The predicted molar refractivity (Wildman–Crippen MR) is 108 cm³/mol. The molecule has 0 atom stereocenters. The minimum Gasteiger partial charge on any atom is -0.465 e. The number of hydrogen-bond donors (Lipinski definition) is 0. The van der Waals surface area contributed by atoms with Gasteiger partial charge in [0.15, 0.2) is 0 Å². The highest BCUT2D eigenvalue weighted by Gasteiger charge is 2.26. The van der Waals surface area contributed by atoms with Gasteiger partial charge in [0, 0.05) is 5.75 Å². The van der Waals surface area contributed by atoms with Gasteiger partial charge < -0.3 is 4.74 Å². The lowest BCUT2D eigenvalue weighted by Gasteiger charge is -2.36. The van der Waals surface area contributed by atoms with Crippen molar-refractivity contribution in [3.63, 3.8) is 0 Å². The van der Waals surface area contributed by atoms with Gasteiger partial charge in [-0.3, -0.25) is 17.3 Å². The number of esters is 1. The molecule has 0 aliphatic heterocycles. The first-order valence-electron chi connectivity index (χ1n) is 8.49. The third-order valence-corrected chi connectivity index (χ3v) is 6.78. The van der Waals surface area contributed by atoms with E-state index in [1.54, 1.807) is 13.8 Å². The minimum atomic E-state index is -1.86. The van der Waals surface area contributed by atoms with Crippen LogP contribution in [0.1, 0.15) is 47.5 Å². The molecule has 0 saturated heterocycles. The summed E-state index contributed by atoms with van der Waals surface area (Å²) in [6.45, 7) is 11.7. The van der Waals surface area contributed by atoms with Gasteiger partial charge in [-0.05, 0) is 59.0 Å². The number of rotatable bonds is 15. The Labute approximate surface area is 162 Å². The summed E-state index contributed by atoms with van der Waals surface area (Å²) in [5, 5.41) is 0. The summed E-state index contributed by atoms with van der Waals surface area (Å²) in [6, 6.07) is 0. The van der Waals surface area contributed by atoms with E-state index < -0.39 is 15.2 Å². The first-order valence-corrected chi connectivity index (χ1v) is 12.0. The highest BCUT2D eigenvalue weighted by atomic mass is 79.9. The van der Waals surface area contributed by atoms with Gasteiger partial charge in [-0.1, -0.05) is 15.9 Å². The molecule has 0 aliphatic rings. The Kier molecular flexibility index (Phi) is 14.0. The minimum absolute atomic E-state index is 0.217. The van der Waals surface area contributed by atoms with Gasteiger partial charge in [-0.2, -0.15) is 11.8 Å². The molecule has 0 rings (SSSR count). The summed E-state index contributed by atoms with van der Waals surface area (Å²) in [5.41, 5.74) is 0. The lowest BCUT2D eigenvalue weighted by atomic mass is 10.2. The maximum atomic E-state index is 11.6. The fourth-order valence-corrected chi connectivity index (χ4v) is 5.06. The van der Waals surface area contributed by atoms with Crippen LogP contribution < -0.4 is 0 Å². The number of hydrogen-bond acceptors (Lipinski definition) is 6. The van der Waals surface area contributed by atoms with Crippen molar-refractivity contribution in [3.8, 4) is 0 Å². The van der Waals surface area contributed by atoms with Gasteiger partial charge in [0.05, 0.1) is 37.3 Å². The Morgan fingerprint density at radius 2 is 1.50 bits per heavy atom. The van der Waals surface area contributed by atoms with Crippen LogP contribution in [0, 0.1) is 0 Å². The molecule has 0 N–H and O–H groups in total. The Morgan fingerprint density at radius 3 is 1.96 bits per heavy atom. The molecule has 24 heavy (non-hydrogen) atoms. The normalized spacial score (nSPS) is 13.1. The zero-order valence-electron chi connectivity index (χ0n) is 15.6. The van der Waals surface area contributed by atoms with Crippen molar-refractivity contribution >= 4 is 44.5 Å². The maximum Gasteiger partial charge on any atom is 0.322 e. The summed E-state index contributed by atoms with van der Waals surface area (Å²) < 4.78 is 21.9. The average molecular weight is 449 g/mol. The zero-order chi connectivity index (χ0) is 18.5. The van der Waals surface area contributed by atoms with E-state index in [9.17, 15) is 4.79 Å². The Morgan fingerprint density at radius 1 is 1.00 bits per heavy atom. The summed E-state index contributed by atoms with van der Waals surface area (Å²) in [7, 11) is -1.86. The number of thioether (sulfide) groups is 1. The number of carbonyl (C=O) groups is 1. The highest BCUT2D eigenvalue weighted by molar-refractivity contribution is 9.10. The van der Waals surface area contributed by atoms with Crippen molar-refractivity contribution < 1.29 is 22.1 Å². The third kappa shape index (κ3) is 11.2. The fourth-order valence-electron chi connectivity index (χ4n) is 1.75. The van der Waals surface area contributed by atoms with E-state index in [1.165, 1.54) is 0 Å². The highest BCUT2D eigenvalue weighted by Crippen LogP contribution is 2.51. The molecule has 8 heteroatoms. The monoisotopic (exact) mass is 448 g/mol. The van der Waals surface area contributed by atoms with Crippen LogP contribution in [0.5, 0.6) is 0 Å². The molecule has 0 aromatic carbocycles. The topological polar surface area (TPSA) is 54.0 Å². The fraction of sp³-hybridized carbons (Fsp3) is 0.938. The summed E-state index contributed by atoms with van der Waals surface area (Å²) >= 11 is 5.14. The lowest BCUT2D eigenvalue weighted by Crippen LogP contribution is -2.26. The Hall–Kier alpha value is 0.530. The predicted octanol–water partition coefficient (Wildman–Crippen LogP) is 4.88. The van der Waals surface area contributed by atoms with Crippen LogP contribution in [-0.2, 0) is 22.1 Å². The van der Waals surface area contributed by atoms with Gasteiger partial charge >= 0.3 is 5.97 Å². The molecule has 0 spiro atoms. The Bertz CT molecular complexity index is 320. The molecule has 0 aliphatic carbocycles. The molecule has 146 valence electrons. The zero-order valence-corrected chi connectivity index (χ0v) is 18.8. The van der Waals surface area contributed by atoms with Gasteiger partial charge in [-0.15, -0.1) is 0 Å². The lowest BCUT2D eigenvalue weighted by molar-refractivity contribution is -0.145. The van der Waals surface area contributed by atoms with Crippen LogP contribution in [0.3, 0.4) is 0 Å². The summed E-state index contributed by atoms with van der Waals surface area (Å²) in [5.74, 6) is 2.56. The van der Waals surface area contributed by atoms with E-state index in [1.807, 2.05) is 32.5 Å². The first-order chi connectivity index (χ1) is 11.3. The van der Waals surface area contributed by atoms with E-state index in [2.05, 4.69) is 15.9 Å². The quantitative estimate of drug-likeness (QED) is 0.202. The molecule has 5 nitrogen and oxygen atoms in total. The molecule has 0 unspecified atom stereocenters. The van der Waals surface area contributed by atoms with E-state index in [0.29, 0.717) is 26.4 Å². The molecule has 0 radical (unpaired) electrons. The van der Waals surface area contributed by atoms with Crippen LogP contribution in [0.4, 0.5) is 0 Å². The van der Waals surface area contributed by atoms with Crippen LogP contribution in [0.25, 0.3) is 0 Å². The summed E-state index contributed by atoms with van der Waals surface area (Å²) in [6.07, 6.45) is 1.84. The second kappa shape index (κ2) is 13.7. The number of halogens is 1. The van der Waals surface area contributed by atoms with Gasteiger partial charge in [-0.25, -0.2) is 0 Å². The summed E-state index contributed by atoms with van der Waals surface area (Å²) in [4.78, 5) is 11.6. The van der Waals surface area contributed by atoms with Crippen molar-refractivity contribution in [3.05, 3.63) is 0 Å². The molecule has 0 saturated carbocycles. The van der Waals surface area contributed by atoms with Crippen molar-refractivity contribution in [1.82, 2.24) is 0 Å². The standard InChI is InChI=1S/C16H33BrO5S2/c1-6-20-24(21-7-2,22-8-3)14-10-13-23-12-9-11-19-15(18)16(4,5)17/h6-14H2,1-5H3. The second-order valence-electron chi connectivity index (χ2n) is 5.41. The van der Waals surface area contributed by atoms with Crippen molar-refractivity contribution in [1.29, 1.82) is 0 Å². The second-order valence-corrected chi connectivity index (χ2v) is 10.8. The van der Waals surface area contributed by atoms with Crippen molar-refractivity contribution in [2.45, 2.75) is 51.8 Å². The van der Waals surface area contributed by atoms with Crippen LogP contribution in [0.2, 0.25) is 0 Å². The Balaban J connectivity index is 3.87. The maximum absolute atomic E-state index is 11.6.